The first kappa shape index (κ1) is 17.2. The van der Waals surface area contributed by atoms with Crippen LogP contribution in [0.15, 0.2) is 18.2 Å². The van der Waals surface area contributed by atoms with E-state index < -0.39 is 11.4 Å². The lowest BCUT2D eigenvalue weighted by atomic mass is 9.87. The number of hydrogen-bond acceptors (Lipinski definition) is 4. The zero-order chi connectivity index (χ0) is 16.2. The van der Waals surface area contributed by atoms with E-state index in [1.165, 1.54) is 5.56 Å². The summed E-state index contributed by atoms with van der Waals surface area (Å²) in [6, 6.07) is 6.09. The van der Waals surface area contributed by atoms with Gasteiger partial charge in [-0.25, -0.2) is 0 Å². The molecular formula is C17H25NO3. The Morgan fingerprint density at radius 1 is 1.24 bits per heavy atom. The van der Waals surface area contributed by atoms with Crippen LogP contribution < -0.4 is 4.90 Å². The number of anilines is 1. The van der Waals surface area contributed by atoms with Gasteiger partial charge in [-0.2, -0.15) is 0 Å². The molecule has 116 valence electrons. The number of carbonyl (C=O) groups is 2. The number of benzene rings is 1. The summed E-state index contributed by atoms with van der Waals surface area (Å²) in [6.07, 6.45) is 0. The van der Waals surface area contributed by atoms with Crippen LogP contribution in [0.2, 0.25) is 0 Å². The maximum Gasteiger partial charge on any atom is 0.319 e. The van der Waals surface area contributed by atoms with E-state index in [1.54, 1.807) is 20.8 Å². The van der Waals surface area contributed by atoms with Gasteiger partial charge in [-0.3, -0.25) is 9.59 Å². The molecule has 0 unspecified atom stereocenters. The second-order valence-electron chi connectivity index (χ2n) is 5.91. The second kappa shape index (κ2) is 6.74. The molecule has 4 heteroatoms. The minimum Gasteiger partial charge on any atom is -0.465 e. The summed E-state index contributed by atoms with van der Waals surface area (Å²) < 4.78 is 4.98. The van der Waals surface area contributed by atoms with E-state index in [9.17, 15) is 9.59 Å². The van der Waals surface area contributed by atoms with E-state index in [1.807, 2.05) is 37.9 Å². The van der Waals surface area contributed by atoms with E-state index in [-0.39, 0.29) is 18.9 Å². The zero-order valence-electron chi connectivity index (χ0n) is 13.8. The van der Waals surface area contributed by atoms with Crippen LogP contribution in [0, 0.1) is 19.3 Å². The number of nitrogens with zero attached hydrogens (tertiary/aromatic N) is 1. The highest BCUT2D eigenvalue weighted by molar-refractivity contribution is 6.04. The lowest BCUT2D eigenvalue weighted by Gasteiger charge is -2.26. The molecule has 0 aliphatic carbocycles. The molecule has 0 aliphatic rings. The first-order valence-electron chi connectivity index (χ1n) is 7.19. The highest BCUT2D eigenvalue weighted by Gasteiger charge is 2.37. The normalized spacial score (nSPS) is 11.1. The average Bonchev–Trinajstić information content (AvgIpc) is 2.38. The van der Waals surface area contributed by atoms with Gasteiger partial charge in [0, 0.05) is 12.7 Å². The topological polar surface area (TPSA) is 46.6 Å². The molecule has 0 atom stereocenters. The lowest BCUT2D eigenvalue weighted by Crippen LogP contribution is -2.41. The monoisotopic (exact) mass is 291 g/mol. The molecule has 0 amide bonds. The Morgan fingerprint density at radius 2 is 1.86 bits per heavy atom. The Balaban J connectivity index is 2.84. The molecule has 0 heterocycles. The van der Waals surface area contributed by atoms with Gasteiger partial charge >= 0.3 is 5.97 Å². The molecule has 1 aromatic carbocycles. The molecular weight excluding hydrogens is 266 g/mol. The van der Waals surface area contributed by atoms with Gasteiger partial charge < -0.3 is 9.64 Å². The van der Waals surface area contributed by atoms with Crippen molar-refractivity contribution in [1.29, 1.82) is 0 Å². The number of hydrogen-bond donors (Lipinski definition) is 0. The lowest BCUT2D eigenvalue weighted by molar-refractivity contribution is -0.157. The number of rotatable bonds is 6. The largest absolute Gasteiger partial charge is 0.465 e. The Morgan fingerprint density at radius 3 is 2.38 bits per heavy atom. The van der Waals surface area contributed by atoms with Crippen molar-refractivity contribution >= 4 is 17.4 Å². The first-order valence-corrected chi connectivity index (χ1v) is 7.19. The van der Waals surface area contributed by atoms with Crippen molar-refractivity contribution in [1.82, 2.24) is 0 Å². The molecule has 1 aromatic rings. The zero-order valence-corrected chi connectivity index (χ0v) is 13.8. The highest BCUT2D eigenvalue weighted by Crippen LogP contribution is 2.23. The van der Waals surface area contributed by atoms with Crippen molar-refractivity contribution in [2.24, 2.45) is 5.41 Å². The summed E-state index contributed by atoms with van der Waals surface area (Å²) >= 11 is 0. The van der Waals surface area contributed by atoms with Gasteiger partial charge in [0.25, 0.3) is 0 Å². The molecule has 0 aromatic heterocycles. The van der Waals surface area contributed by atoms with E-state index in [2.05, 4.69) is 6.07 Å². The Labute approximate surface area is 127 Å². The molecule has 0 spiro atoms. The van der Waals surface area contributed by atoms with Crippen LogP contribution in [0.5, 0.6) is 0 Å². The van der Waals surface area contributed by atoms with E-state index in [0.29, 0.717) is 0 Å². The Hall–Kier alpha value is -1.84. The average molecular weight is 291 g/mol. The fraction of sp³-hybridized carbons (Fsp3) is 0.529. The summed E-state index contributed by atoms with van der Waals surface area (Å²) in [7, 11) is 1.86. The molecule has 0 radical (unpaired) electrons. The van der Waals surface area contributed by atoms with Gasteiger partial charge in [0.15, 0.2) is 5.78 Å². The number of carbonyl (C=O) groups excluding carboxylic acids is 2. The number of aryl methyl sites for hydroxylation is 2. The third kappa shape index (κ3) is 4.06. The summed E-state index contributed by atoms with van der Waals surface area (Å²) in [4.78, 5) is 26.1. The predicted octanol–water partition coefficient (Wildman–Crippen LogP) is 2.90. The van der Waals surface area contributed by atoms with Crippen molar-refractivity contribution in [2.45, 2.75) is 34.6 Å². The van der Waals surface area contributed by atoms with Crippen LogP contribution in [0.4, 0.5) is 5.69 Å². The van der Waals surface area contributed by atoms with Crippen LogP contribution in [-0.2, 0) is 14.3 Å². The number of ether oxygens (including phenoxy) is 1. The molecule has 0 bridgehead atoms. The molecule has 0 N–H and O–H groups in total. The van der Waals surface area contributed by atoms with E-state index in [4.69, 9.17) is 4.74 Å². The van der Waals surface area contributed by atoms with Crippen LogP contribution in [0.25, 0.3) is 0 Å². The van der Waals surface area contributed by atoms with Gasteiger partial charge in [0.1, 0.15) is 5.41 Å². The van der Waals surface area contributed by atoms with E-state index in [0.717, 1.165) is 11.3 Å². The number of Topliss-reactive ketones (excluding diaryl/α,β-unsaturated/α-hetero) is 1. The van der Waals surface area contributed by atoms with Crippen LogP contribution in [0.3, 0.4) is 0 Å². The summed E-state index contributed by atoms with van der Waals surface area (Å²) in [5.74, 6) is -0.618. The van der Waals surface area contributed by atoms with Gasteiger partial charge in [0.05, 0.1) is 13.2 Å². The first-order chi connectivity index (χ1) is 9.70. The van der Waals surface area contributed by atoms with Crippen molar-refractivity contribution in [3.8, 4) is 0 Å². The number of likely N-dealkylation sites (N-methyl/N-ethyl adjacent to an activating group) is 1. The third-order valence-electron chi connectivity index (χ3n) is 3.63. The van der Waals surface area contributed by atoms with Gasteiger partial charge in [0.2, 0.25) is 0 Å². The minimum absolute atomic E-state index is 0.150. The van der Waals surface area contributed by atoms with Gasteiger partial charge in [-0.05, 0) is 46.2 Å². The maximum atomic E-state index is 12.4. The Bertz CT molecular complexity index is 535. The maximum absolute atomic E-state index is 12.4. The SMILES string of the molecule is CCOC(=O)C(C)(C)C(=O)CN(C)c1ccc(C)cc1C. The molecule has 0 saturated carbocycles. The smallest absolute Gasteiger partial charge is 0.319 e. The number of esters is 1. The molecule has 21 heavy (non-hydrogen) atoms. The molecule has 1 rings (SSSR count). The van der Waals surface area contributed by atoms with Gasteiger partial charge in [-0.15, -0.1) is 0 Å². The summed E-state index contributed by atoms with van der Waals surface area (Å²) in [5, 5.41) is 0. The molecule has 0 saturated heterocycles. The standard InChI is InChI=1S/C17H25NO3/c1-7-21-16(20)17(4,5)15(19)11-18(6)14-9-8-12(2)10-13(14)3/h8-10H,7,11H2,1-6H3. The molecule has 0 aliphatic heterocycles. The van der Waals surface area contributed by atoms with Crippen molar-refractivity contribution < 1.29 is 14.3 Å². The summed E-state index contributed by atoms with van der Waals surface area (Å²) in [5.41, 5.74) is 2.17. The fourth-order valence-corrected chi connectivity index (χ4v) is 2.16. The Kier molecular flexibility index (Phi) is 5.53. The fourth-order valence-electron chi connectivity index (χ4n) is 2.16. The molecule has 0 fully saturated rings. The van der Waals surface area contributed by atoms with Crippen LogP contribution in [-0.4, -0.2) is 32.0 Å². The minimum atomic E-state index is -1.12. The van der Waals surface area contributed by atoms with E-state index >= 15 is 0 Å². The van der Waals surface area contributed by atoms with Crippen LogP contribution in [0.1, 0.15) is 31.9 Å². The predicted molar refractivity (Wildman–Crippen MR) is 84.6 cm³/mol. The highest BCUT2D eigenvalue weighted by atomic mass is 16.5. The van der Waals surface area contributed by atoms with Crippen molar-refractivity contribution in [2.75, 3.05) is 25.1 Å². The van der Waals surface area contributed by atoms with Crippen molar-refractivity contribution in [3.63, 3.8) is 0 Å². The quantitative estimate of drug-likeness (QED) is 0.597. The third-order valence-corrected chi connectivity index (χ3v) is 3.63. The molecule has 4 nitrogen and oxygen atoms in total. The van der Waals surface area contributed by atoms with Crippen LogP contribution >= 0.6 is 0 Å². The van der Waals surface area contributed by atoms with Gasteiger partial charge in [-0.1, -0.05) is 17.7 Å². The van der Waals surface area contributed by atoms with Crippen molar-refractivity contribution in [3.05, 3.63) is 29.3 Å². The second-order valence-corrected chi connectivity index (χ2v) is 5.91. The number of ketones is 1. The summed E-state index contributed by atoms with van der Waals surface area (Å²) in [6.45, 7) is 9.47.